The van der Waals surface area contributed by atoms with E-state index < -0.39 is 10.0 Å². The minimum atomic E-state index is -3.44. The fraction of sp³-hybridized carbons (Fsp3) is 0.538. The first-order valence-corrected chi connectivity index (χ1v) is 7.82. The molecule has 1 aromatic carbocycles. The lowest BCUT2D eigenvalue weighted by atomic mass is 10.1. The van der Waals surface area contributed by atoms with Crippen molar-refractivity contribution in [2.45, 2.75) is 30.8 Å². The van der Waals surface area contributed by atoms with Crippen LogP contribution in [0, 0.1) is 0 Å². The molecule has 6 heteroatoms. The van der Waals surface area contributed by atoms with Crippen LogP contribution in [0.5, 0.6) is 0 Å². The number of benzene rings is 1. The molecule has 2 rings (SSSR count). The van der Waals surface area contributed by atoms with Crippen LogP contribution in [-0.2, 0) is 14.8 Å². The summed E-state index contributed by atoms with van der Waals surface area (Å²) in [6.45, 7) is 5.01. The highest BCUT2D eigenvalue weighted by Crippen LogP contribution is 2.21. The molecule has 1 aliphatic rings. The van der Waals surface area contributed by atoms with E-state index in [9.17, 15) is 8.42 Å². The normalized spacial score (nSPS) is 23.2. The maximum absolute atomic E-state index is 12.5. The maximum atomic E-state index is 12.5. The van der Waals surface area contributed by atoms with E-state index in [0.29, 0.717) is 24.7 Å². The Morgan fingerprint density at radius 3 is 2.53 bits per heavy atom. The molecule has 1 fully saturated rings. The summed E-state index contributed by atoms with van der Waals surface area (Å²) in [5.41, 5.74) is 6.69. The molecule has 0 saturated carbocycles. The largest absolute Gasteiger partial charge is 0.378 e. The Morgan fingerprint density at radius 2 is 2.00 bits per heavy atom. The molecule has 2 atom stereocenters. The number of ether oxygens (including phenoxy) is 1. The molecule has 106 valence electrons. The molecule has 0 bridgehead atoms. The van der Waals surface area contributed by atoms with Gasteiger partial charge in [0.05, 0.1) is 18.1 Å². The van der Waals surface area contributed by atoms with Gasteiger partial charge in [-0.1, -0.05) is 12.1 Å². The van der Waals surface area contributed by atoms with Crippen LogP contribution in [0.4, 0.5) is 0 Å². The van der Waals surface area contributed by atoms with Crippen molar-refractivity contribution in [1.29, 1.82) is 0 Å². The number of nitrogens with two attached hydrogens (primary N) is 1. The molecule has 5 nitrogen and oxygen atoms in total. The van der Waals surface area contributed by atoms with E-state index in [0.717, 1.165) is 5.56 Å². The lowest BCUT2D eigenvalue weighted by Crippen LogP contribution is -2.46. The van der Waals surface area contributed by atoms with Gasteiger partial charge in [0.15, 0.2) is 0 Å². The van der Waals surface area contributed by atoms with E-state index in [1.165, 1.54) is 4.31 Å². The predicted octanol–water partition coefficient (Wildman–Crippen LogP) is 1.12. The summed E-state index contributed by atoms with van der Waals surface area (Å²) in [5.74, 6) is 0. The SMILES string of the molecule is CC(N)c1ccc(S(=O)(=O)N2CCOCC2C)cc1. The van der Waals surface area contributed by atoms with Gasteiger partial charge in [-0.05, 0) is 31.5 Å². The highest BCUT2D eigenvalue weighted by Gasteiger charge is 2.31. The third-order valence-electron chi connectivity index (χ3n) is 3.32. The second-order valence-corrected chi connectivity index (χ2v) is 6.79. The molecule has 2 unspecified atom stereocenters. The quantitative estimate of drug-likeness (QED) is 0.902. The van der Waals surface area contributed by atoms with E-state index >= 15 is 0 Å². The highest BCUT2D eigenvalue weighted by atomic mass is 32.2. The fourth-order valence-electron chi connectivity index (χ4n) is 2.15. The standard InChI is InChI=1S/C13H20N2O3S/c1-10-9-18-8-7-15(10)19(16,17)13-5-3-12(4-6-13)11(2)14/h3-6,10-11H,7-9,14H2,1-2H3. The number of sulfonamides is 1. The van der Waals surface area contributed by atoms with Crippen LogP contribution < -0.4 is 5.73 Å². The maximum Gasteiger partial charge on any atom is 0.243 e. The number of hydrogen-bond acceptors (Lipinski definition) is 4. The monoisotopic (exact) mass is 284 g/mol. The van der Waals surface area contributed by atoms with Crippen LogP contribution in [0.2, 0.25) is 0 Å². The topological polar surface area (TPSA) is 72.6 Å². The minimum Gasteiger partial charge on any atom is -0.378 e. The van der Waals surface area contributed by atoms with Crippen molar-refractivity contribution in [2.75, 3.05) is 19.8 Å². The zero-order chi connectivity index (χ0) is 14.0. The molecule has 19 heavy (non-hydrogen) atoms. The molecule has 0 amide bonds. The van der Waals surface area contributed by atoms with E-state index in [1.54, 1.807) is 24.3 Å². The van der Waals surface area contributed by atoms with Crippen LogP contribution in [-0.4, -0.2) is 38.5 Å². The van der Waals surface area contributed by atoms with Crippen molar-refractivity contribution in [2.24, 2.45) is 5.73 Å². The average Bonchev–Trinajstić information content (AvgIpc) is 2.39. The van der Waals surface area contributed by atoms with Crippen LogP contribution in [0.25, 0.3) is 0 Å². The van der Waals surface area contributed by atoms with Gasteiger partial charge in [0, 0.05) is 18.6 Å². The smallest absolute Gasteiger partial charge is 0.243 e. The van der Waals surface area contributed by atoms with Gasteiger partial charge in [0.25, 0.3) is 0 Å². The van der Waals surface area contributed by atoms with Crippen molar-refractivity contribution in [3.8, 4) is 0 Å². The summed E-state index contributed by atoms with van der Waals surface area (Å²) in [6.07, 6.45) is 0. The van der Waals surface area contributed by atoms with E-state index in [2.05, 4.69) is 0 Å². The molecular weight excluding hydrogens is 264 g/mol. The van der Waals surface area contributed by atoms with Gasteiger partial charge in [0.2, 0.25) is 10.0 Å². The number of hydrogen-bond donors (Lipinski definition) is 1. The fourth-order valence-corrected chi connectivity index (χ4v) is 3.75. The molecule has 1 aromatic rings. The Labute approximate surface area is 114 Å². The zero-order valence-corrected chi connectivity index (χ0v) is 12.1. The Bertz CT molecular complexity index is 525. The summed E-state index contributed by atoms with van der Waals surface area (Å²) in [7, 11) is -3.44. The Kier molecular flexibility index (Phi) is 4.25. The molecule has 2 N–H and O–H groups in total. The summed E-state index contributed by atoms with van der Waals surface area (Å²) in [6, 6.07) is 6.54. The third kappa shape index (κ3) is 2.97. The Balaban J connectivity index is 2.28. The van der Waals surface area contributed by atoms with Gasteiger partial charge in [-0.2, -0.15) is 4.31 Å². The predicted molar refractivity (Wildman–Crippen MR) is 73.2 cm³/mol. The summed E-state index contributed by atoms with van der Waals surface area (Å²) >= 11 is 0. The first-order chi connectivity index (χ1) is 8.93. The Hall–Kier alpha value is -0.950. The van der Waals surface area contributed by atoms with Crippen molar-refractivity contribution >= 4 is 10.0 Å². The van der Waals surface area contributed by atoms with Crippen molar-refractivity contribution in [3.05, 3.63) is 29.8 Å². The molecular formula is C13H20N2O3S. The molecule has 1 heterocycles. The van der Waals surface area contributed by atoms with Crippen LogP contribution in [0.1, 0.15) is 25.5 Å². The van der Waals surface area contributed by atoms with E-state index in [1.807, 2.05) is 13.8 Å². The summed E-state index contributed by atoms with van der Waals surface area (Å²) < 4.78 is 31.8. The van der Waals surface area contributed by atoms with E-state index in [-0.39, 0.29) is 12.1 Å². The summed E-state index contributed by atoms with van der Waals surface area (Å²) in [4.78, 5) is 0.311. The second-order valence-electron chi connectivity index (χ2n) is 4.90. The first-order valence-electron chi connectivity index (χ1n) is 6.38. The van der Waals surface area contributed by atoms with Crippen molar-refractivity contribution in [1.82, 2.24) is 4.31 Å². The van der Waals surface area contributed by atoms with Gasteiger partial charge in [-0.15, -0.1) is 0 Å². The molecule has 1 aliphatic heterocycles. The highest BCUT2D eigenvalue weighted by molar-refractivity contribution is 7.89. The van der Waals surface area contributed by atoms with Crippen LogP contribution in [0.15, 0.2) is 29.2 Å². The van der Waals surface area contributed by atoms with Crippen LogP contribution in [0.3, 0.4) is 0 Å². The molecule has 0 aromatic heterocycles. The lowest BCUT2D eigenvalue weighted by Gasteiger charge is -2.32. The van der Waals surface area contributed by atoms with Gasteiger partial charge < -0.3 is 10.5 Å². The Morgan fingerprint density at radius 1 is 1.37 bits per heavy atom. The number of rotatable bonds is 3. The molecule has 0 radical (unpaired) electrons. The van der Waals surface area contributed by atoms with Crippen molar-refractivity contribution in [3.63, 3.8) is 0 Å². The molecule has 1 saturated heterocycles. The molecule has 0 aliphatic carbocycles. The number of nitrogens with zero attached hydrogens (tertiary/aromatic N) is 1. The third-order valence-corrected chi connectivity index (χ3v) is 5.35. The van der Waals surface area contributed by atoms with Crippen LogP contribution >= 0.6 is 0 Å². The van der Waals surface area contributed by atoms with Crippen molar-refractivity contribution < 1.29 is 13.2 Å². The zero-order valence-electron chi connectivity index (χ0n) is 11.2. The second kappa shape index (κ2) is 5.58. The van der Waals surface area contributed by atoms with Gasteiger partial charge in [-0.25, -0.2) is 8.42 Å². The lowest BCUT2D eigenvalue weighted by molar-refractivity contribution is 0.0393. The van der Waals surface area contributed by atoms with E-state index in [4.69, 9.17) is 10.5 Å². The average molecular weight is 284 g/mol. The first kappa shape index (κ1) is 14.5. The minimum absolute atomic E-state index is 0.0981. The van der Waals surface area contributed by atoms with Gasteiger partial charge in [0.1, 0.15) is 0 Å². The molecule has 0 spiro atoms. The number of morpholine rings is 1. The summed E-state index contributed by atoms with van der Waals surface area (Å²) in [5, 5.41) is 0. The van der Waals surface area contributed by atoms with Gasteiger partial charge in [-0.3, -0.25) is 0 Å². The van der Waals surface area contributed by atoms with Gasteiger partial charge >= 0.3 is 0 Å².